The summed E-state index contributed by atoms with van der Waals surface area (Å²) in [6.45, 7) is 0.308. The predicted octanol–water partition coefficient (Wildman–Crippen LogP) is 1.19. The zero-order valence-electron chi connectivity index (χ0n) is 10.5. The monoisotopic (exact) mass is 283 g/mol. The van der Waals surface area contributed by atoms with Crippen LogP contribution in [0.3, 0.4) is 0 Å². The molecule has 0 spiro atoms. The quantitative estimate of drug-likeness (QED) is 0.657. The minimum Gasteiger partial charge on any atom is -0.362 e. The van der Waals surface area contributed by atoms with E-state index in [-0.39, 0.29) is 24.0 Å². The Labute approximate surface area is 112 Å². The summed E-state index contributed by atoms with van der Waals surface area (Å²) in [5.74, 6) is 0.0492. The van der Waals surface area contributed by atoms with Crippen LogP contribution in [0.15, 0.2) is 11.6 Å². The maximum Gasteiger partial charge on any atom is 0.372 e. The molecule has 102 valence electrons. The van der Waals surface area contributed by atoms with Gasteiger partial charge in [0, 0.05) is 32.4 Å². The number of amides is 1. The van der Waals surface area contributed by atoms with Crippen LogP contribution in [0.2, 0.25) is 0 Å². The lowest BCUT2D eigenvalue weighted by atomic mass is 10.4. The van der Waals surface area contributed by atoms with Crippen molar-refractivity contribution in [3.63, 3.8) is 0 Å². The molecular formula is C10H13N5O3S. The second-order valence-electron chi connectivity index (χ2n) is 4.06. The molecular weight excluding hydrogens is 270 g/mol. The summed E-state index contributed by atoms with van der Waals surface area (Å²) in [5, 5.41) is 15.6. The zero-order valence-corrected chi connectivity index (χ0v) is 11.3. The highest BCUT2D eigenvalue weighted by Gasteiger charge is 2.23. The van der Waals surface area contributed by atoms with Gasteiger partial charge in [0.15, 0.2) is 0 Å². The van der Waals surface area contributed by atoms with Crippen molar-refractivity contribution in [3.8, 4) is 0 Å². The van der Waals surface area contributed by atoms with Crippen molar-refractivity contribution < 1.29 is 9.72 Å². The van der Waals surface area contributed by atoms with E-state index in [1.807, 2.05) is 0 Å². The Morgan fingerprint density at radius 1 is 1.63 bits per heavy atom. The average molecular weight is 283 g/mol. The van der Waals surface area contributed by atoms with Gasteiger partial charge in [-0.15, -0.1) is 0 Å². The molecule has 0 radical (unpaired) electrons. The number of imidazole rings is 1. The summed E-state index contributed by atoms with van der Waals surface area (Å²) in [7, 11) is 3.33. The van der Waals surface area contributed by atoms with Crippen LogP contribution < -0.4 is 5.32 Å². The summed E-state index contributed by atoms with van der Waals surface area (Å²) in [5.41, 5.74) is 0. The highest BCUT2D eigenvalue weighted by molar-refractivity contribution is 7.15. The fourth-order valence-electron chi connectivity index (χ4n) is 1.58. The first-order chi connectivity index (χ1) is 9.00. The van der Waals surface area contributed by atoms with Crippen LogP contribution in [0.25, 0.3) is 4.96 Å². The largest absolute Gasteiger partial charge is 0.372 e. The molecule has 0 saturated heterocycles. The molecule has 8 nitrogen and oxygen atoms in total. The minimum absolute atomic E-state index is 0.0452. The number of hydrogen-bond acceptors (Lipinski definition) is 6. The van der Waals surface area contributed by atoms with Gasteiger partial charge in [-0.3, -0.25) is 4.79 Å². The van der Waals surface area contributed by atoms with Crippen LogP contribution in [0.1, 0.15) is 6.42 Å². The third-order valence-corrected chi connectivity index (χ3v) is 3.30. The normalized spacial score (nSPS) is 10.6. The lowest BCUT2D eigenvalue weighted by Gasteiger charge is -2.09. The molecule has 2 heterocycles. The molecule has 0 aliphatic carbocycles. The van der Waals surface area contributed by atoms with Crippen LogP contribution in [-0.4, -0.2) is 45.8 Å². The Hall–Kier alpha value is -2.16. The molecule has 0 aliphatic heterocycles. The second kappa shape index (κ2) is 5.22. The van der Waals surface area contributed by atoms with E-state index in [2.05, 4.69) is 10.3 Å². The van der Waals surface area contributed by atoms with Gasteiger partial charge in [0.25, 0.3) is 4.96 Å². The van der Waals surface area contributed by atoms with Crippen LogP contribution in [-0.2, 0) is 4.79 Å². The number of hydrogen-bond donors (Lipinski definition) is 1. The van der Waals surface area contributed by atoms with Crippen molar-refractivity contribution in [2.24, 2.45) is 0 Å². The first-order valence-corrected chi connectivity index (χ1v) is 6.42. The van der Waals surface area contributed by atoms with Crippen molar-refractivity contribution in [1.82, 2.24) is 14.3 Å². The lowest BCUT2D eigenvalue weighted by Crippen LogP contribution is -2.24. The van der Waals surface area contributed by atoms with E-state index in [4.69, 9.17) is 0 Å². The molecule has 0 aromatic carbocycles. The van der Waals surface area contributed by atoms with Crippen LogP contribution in [0, 0.1) is 10.1 Å². The maximum atomic E-state index is 11.4. The Morgan fingerprint density at radius 3 is 3.00 bits per heavy atom. The molecule has 0 atom stereocenters. The fraction of sp³-hybridized carbons (Fsp3) is 0.400. The summed E-state index contributed by atoms with van der Waals surface area (Å²) >= 11 is 1.32. The van der Waals surface area contributed by atoms with E-state index < -0.39 is 4.92 Å². The molecule has 0 aliphatic rings. The zero-order chi connectivity index (χ0) is 14.0. The van der Waals surface area contributed by atoms with Crippen LogP contribution in [0.5, 0.6) is 0 Å². The number of carbonyl (C=O) groups excluding carboxylic acids is 1. The Morgan fingerprint density at radius 2 is 2.37 bits per heavy atom. The van der Waals surface area contributed by atoms with Gasteiger partial charge < -0.3 is 20.3 Å². The number of nitrogens with one attached hydrogen (secondary N) is 1. The van der Waals surface area contributed by atoms with Crippen molar-refractivity contribution in [3.05, 3.63) is 21.7 Å². The summed E-state index contributed by atoms with van der Waals surface area (Å²) in [4.78, 5) is 28.1. The van der Waals surface area contributed by atoms with Gasteiger partial charge >= 0.3 is 5.82 Å². The number of nitrogens with zero attached hydrogens (tertiary/aromatic N) is 4. The van der Waals surface area contributed by atoms with Crippen LogP contribution in [0.4, 0.5) is 11.6 Å². The van der Waals surface area contributed by atoms with Crippen molar-refractivity contribution in [2.45, 2.75) is 6.42 Å². The molecule has 0 saturated carbocycles. The lowest BCUT2D eigenvalue weighted by molar-refractivity contribution is -0.389. The standard InChI is InChI=1S/C10H13N5O3S/c1-13(2)7(16)3-4-11-8-9(15(17)18)14-5-6-19-10(14)12-8/h5-6,11H,3-4H2,1-2H3. The van der Waals surface area contributed by atoms with E-state index in [0.29, 0.717) is 11.5 Å². The van der Waals surface area contributed by atoms with E-state index in [1.165, 1.54) is 20.6 Å². The number of rotatable bonds is 5. The molecule has 19 heavy (non-hydrogen) atoms. The Balaban J connectivity index is 2.12. The topological polar surface area (TPSA) is 92.8 Å². The maximum absolute atomic E-state index is 11.4. The smallest absolute Gasteiger partial charge is 0.362 e. The van der Waals surface area contributed by atoms with Gasteiger partial charge in [-0.2, -0.15) is 9.38 Å². The summed E-state index contributed by atoms with van der Waals surface area (Å²) in [6.07, 6.45) is 1.86. The van der Waals surface area contributed by atoms with Crippen molar-refractivity contribution in [2.75, 3.05) is 26.0 Å². The predicted molar refractivity (Wildman–Crippen MR) is 71.5 cm³/mol. The fourth-order valence-corrected chi connectivity index (χ4v) is 2.29. The molecule has 2 aromatic heterocycles. The van der Waals surface area contributed by atoms with Crippen molar-refractivity contribution >= 4 is 33.8 Å². The molecule has 1 amide bonds. The summed E-state index contributed by atoms with van der Waals surface area (Å²) in [6, 6.07) is 0. The van der Waals surface area contributed by atoms with Gasteiger partial charge in [-0.25, -0.2) is 0 Å². The minimum atomic E-state index is -0.483. The number of thiazole rings is 1. The van der Waals surface area contributed by atoms with E-state index >= 15 is 0 Å². The number of anilines is 1. The van der Waals surface area contributed by atoms with Crippen LogP contribution >= 0.6 is 11.3 Å². The van der Waals surface area contributed by atoms with E-state index in [1.54, 1.807) is 25.7 Å². The highest BCUT2D eigenvalue weighted by atomic mass is 32.1. The van der Waals surface area contributed by atoms with Crippen molar-refractivity contribution in [1.29, 1.82) is 0 Å². The summed E-state index contributed by atoms with van der Waals surface area (Å²) < 4.78 is 1.42. The number of fused-ring (bicyclic) bond motifs is 1. The molecule has 2 rings (SSSR count). The number of carbonyl (C=O) groups is 1. The number of aromatic nitrogens is 2. The first kappa shape index (κ1) is 13.3. The average Bonchev–Trinajstić information content (AvgIpc) is 2.87. The molecule has 2 aromatic rings. The second-order valence-corrected chi connectivity index (χ2v) is 4.93. The van der Waals surface area contributed by atoms with Gasteiger partial charge in [-0.05, 0) is 4.92 Å². The van der Waals surface area contributed by atoms with Gasteiger partial charge in [0.1, 0.15) is 6.20 Å². The van der Waals surface area contributed by atoms with Gasteiger partial charge in [-0.1, -0.05) is 11.3 Å². The van der Waals surface area contributed by atoms with Gasteiger partial charge in [0.2, 0.25) is 11.7 Å². The molecule has 9 heteroatoms. The first-order valence-electron chi connectivity index (χ1n) is 5.54. The Bertz CT molecular complexity index is 618. The molecule has 0 fully saturated rings. The molecule has 0 unspecified atom stereocenters. The number of nitro groups is 1. The molecule has 1 N–H and O–H groups in total. The van der Waals surface area contributed by atoms with E-state index in [0.717, 1.165) is 0 Å². The third kappa shape index (κ3) is 2.65. The molecule has 0 bridgehead atoms. The Kier molecular flexibility index (Phi) is 3.65. The third-order valence-electron chi connectivity index (χ3n) is 2.54. The SMILES string of the molecule is CN(C)C(=O)CCNc1nc2sccn2c1[N+](=O)[O-]. The van der Waals surface area contributed by atoms with Gasteiger partial charge in [0.05, 0.1) is 0 Å². The highest BCUT2D eigenvalue weighted by Crippen LogP contribution is 2.27. The van der Waals surface area contributed by atoms with E-state index in [9.17, 15) is 14.9 Å².